The highest BCUT2D eigenvalue weighted by molar-refractivity contribution is 7.90. The summed E-state index contributed by atoms with van der Waals surface area (Å²) in [5.41, 5.74) is 6.21. The van der Waals surface area contributed by atoms with Crippen LogP contribution in [-0.4, -0.2) is 29.6 Å². The smallest absolute Gasteiger partial charge is 0.382 e. The molecule has 6 nitrogen and oxygen atoms in total. The van der Waals surface area contributed by atoms with Crippen LogP contribution in [0.2, 0.25) is 0 Å². The topological polar surface area (TPSA) is 98.8 Å². The average molecular weight is 394 g/mol. The number of halogens is 3. The molecular formula is C17H13F3N4O2S. The molecule has 27 heavy (non-hydrogen) atoms. The van der Waals surface area contributed by atoms with Gasteiger partial charge in [0.15, 0.2) is 9.84 Å². The minimum atomic E-state index is -4.54. The number of anilines is 1. The molecule has 0 unspecified atom stereocenters. The van der Waals surface area contributed by atoms with E-state index in [4.69, 9.17) is 5.73 Å². The molecule has 0 amide bonds. The molecule has 0 aliphatic heterocycles. The maximum absolute atomic E-state index is 12.6. The highest BCUT2D eigenvalue weighted by Gasteiger charge is 2.32. The third-order valence-electron chi connectivity index (χ3n) is 3.71. The van der Waals surface area contributed by atoms with Gasteiger partial charge in [0.05, 0.1) is 16.8 Å². The molecule has 10 heteroatoms. The fourth-order valence-corrected chi connectivity index (χ4v) is 2.95. The van der Waals surface area contributed by atoms with Crippen LogP contribution >= 0.6 is 0 Å². The second-order valence-electron chi connectivity index (χ2n) is 5.72. The van der Waals surface area contributed by atoms with Crippen LogP contribution < -0.4 is 5.73 Å². The van der Waals surface area contributed by atoms with Crippen LogP contribution in [0.5, 0.6) is 0 Å². The Kier molecular flexibility index (Phi) is 4.60. The number of hydrogen-bond acceptors (Lipinski definition) is 6. The molecule has 3 rings (SSSR count). The third-order valence-corrected chi connectivity index (χ3v) is 4.83. The first-order chi connectivity index (χ1) is 12.6. The number of rotatable bonds is 3. The van der Waals surface area contributed by atoms with Crippen molar-refractivity contribution in [2.24, 2.45) is 0 Å². The number of nitrogen functional groups attached to an aromatic ring is 1. The summed E-state index contributed by atoms with van der Waals surface area (Å²) in [6.45, 7) is 0. The van der Waals surface area contributed by atoms with Crippen LogP contribution in [0.25, 0.3) is 22.5 Å². The van der Waals surface area contributed by atoms with Gasteiger partial charge in [-0.3, -0.25) is 4.98 Å². The molecule has 2 N–H and O–H groups in total. The fourth-order valence-electron chi connectivity index (χ4n) is 2.32. The van der Waals surface area contributed by atoms with E-state index >= 15 is 0 Å². The summed E-state index contributed by atoms with van der Waals surface area (Å²) in [4.78, 5) is 11.9. The predicted molar refractivity (Wildman–Crippen MR) is 93.2 cm³/mol. The summed E-state index contributed by atoms with van der Waals surface area (Å²) in [5.74, 6) is 0.0352. The summed E-state index contributed by atoms with van der Waals surface area (Å²) < 4.78 is 61.0. The van der Waals surface area contributed by atoms with Crippen LogP contribution in [0, 0.1) is 0 Å². The maximum atomic E-state index is 12.6. The van der Waals surface area contributed by atoms with E-state index in [1.807, 2.05) is 0 Å². The van der Waals surface area contributed by atoms with Gasteiger partial charge in [0.25, 0.3) is 0 Å². The van der Waals surface area contributed by atoms with Crippen molar-refractivity contribution in [3.8, 4) is 22.5 Å². The first kappa shape index (κ1) is 18.8. The second-order valence-corrected chi connectivity index (χ2v) is 7.73. The van der Waals surface area contributed by atoms with E-state index in [1.165, 1.54) is 24.4 Å². The van der Waals surface area contributed by atoms with Crippen molar-refractivity contribution < 1.29 is 21.6 Å². The third kappa shape index (κ3) is 4.05. The Labute approximate surface area is 152 Å². The lowest BCUT2D eigenvalue weighted by molar-refractivity contribution is -0.141. The predicted octanol–water partition coefficient (Wildman–Crippen LogP) is 3.21. The molecule has 140 valence electrons. The summed E-state index contributed by atoms with van der Waals surface area (Å²) in [6.07, 6.45) is -1.02. The highest BCUT2D eigenvalue weighted by Crippen LogP contribution is 2.30. The second kappa shape index (κ2) is 6.62. The minimum Gasteiger partial charge on any atom is -0.382 e. The Morgan fingerprint density at radius 3 is 2.07 bits per heavy atom. The molecule has 0 bridgehead atoms. The number of pyridine rings is 1. The Morgan fingerprint density at radius 2 is 1.56 bits per heavy atom. The van der Waals surface area contributed by atoms with Crippen LogP contribution in [0.1, 0.15) is 5.69 Å². The largest absolute Gasteiger partial charge is 0.433 e. The van der Waals surface area contributed by atoms with Gasteiger partial charge < -0.3 is 5.73 Å². The van der Waals surface area contributed by atoms with Gasteiger partial charge in [-0.25, -0.2) is 18.4 Å². The molecule has 0 spiro atoms. The Hall–Kier alpha value is -3.01. The Bertz CT molecular complexity index is 1080. The van der Waals surface area contributed by atoms with Gasteiger partial charge in [0.1, 0.15) is 17.2 Å². The first-order valence-corrected chi connectivity index (χ1v) is 9.41. The number of hydrogen-bond donors (Lipinski definition) is 1. The van der Waals surface area contributed by atoms with Gasteiger partial charge in [-0.05, 0) is 24.3 Å². The molecule has 0 atom stereocenters. The zero-order chi connectivity index (χ0) is 19.8. The van der Waals surface area contributed by atoms with Gasteiger partial charge in [-0.1, -0.05) is 12.1 Å². The number of nitrogens with zero attached hydrogens (tertiary/aromatic N) is 3. The van der Waals surface area contributed by atoms with E-state index in [-0.39, 0.29) is 22.0 Å². The molecule has 1 aromatic carbocycles. The zero-order valence-corrected chi connectivity index (χ0v) is 14.7. The quantitative estimate of drug-likeness (QED) is 0.732. The van der Waals surface area contributed by atoms with Gasteiger partial charge in [-0.15, -0.1) is 0 Å². The monoisotopic (exact) mass is 394 g/mol. The van der Waals surface area contributed by atoms with Gasteiger partial charge in [-0.2, -0.15) is 13.2 Å². The standard InChI is InChI=1S/C17H13F3N4O2S/c1-27(25,26)12-5-2-10(3-6-12)13-9-23-16(21)15(24-13)11-4-7-14(22-8-11)17(18,19)20/h2-9H,1H3,(H2,21,23). The maximum Gasteiger partial charge on any atom is 0.433 e. The molecule has 0 fully saturated rings. The normalized spacial score (nSPS) is 12.1. The molecular weight excluding hydrogens is 381 g/mol. The van der Waals surface area contributed by atoms with E-state index < -0.39 is 21.7 Å². The zero-order valence-electron chi connectivity index (χ0n) is 13.9. The summed E-state index contributed by atoms with van der Waals surface area (Å²) >= 11 is 0. The van der Waals surface area contributed by atoms with E-state index in [9.17, 15) is 21.6 Å². The average Bonchev–Trinajstić information content (AvgIpc) is 2.61. The SMILES string of the molecule is CS(=O)(=O)c1ccc(-c2cnc(N)c(-c3ccc(C(F)(F)F)nc3)n2)cc1. The Balaban J connectivity index is 2.00. The lowest BCUT2D eigenvalue weighted by Gasteiger charge is -2.09. The number of sulfone groups is 1. The summed E-state index contributed by atoms with van der Waals surface area (Å²) in [6, 6.07) is 8.04. The molecule has 0 saturated heterocycles. The molecule has 3 aromatic rings. The van der Waals surface area contributed by atoms with Crippen molar-refractivity contribution in [1.29, 1.82) is 0 Å². The summed E-state index contributed by atoms with van der Waals surface area (Å²) in [7, 11) is -3.33. The molecule has 0 radical (unpaired) electrons. The molecule has 0 saturated carbocycles. The van der Waals surface area contributed by atoms with Gasteiger partial charge in [0.2, 0.25) is 0 Å². The number of benzene rings is 1. The lowest BCUT2D eigenvalue weighted by Crippen LogP contribution is -2.07. The van der Waals surface area contributed by atoms with Gasteiger partial charge >= 0.3 is 6.18 Å². The fraction of sp³-hybridized carbons (Fsp3) is 0.118. The van der Waals surface area contributed by atoms with E-state index in [2.05, 4.69) is 15.0 Å². The minimum absolute atomic E-state index is 0.0352. The van der Waals surface area contributed by atoms with Crippen molar-refractivity contribution >= 4 is 15.7 Å². The molecule has 2 heterocycles. The number of aromatic nitrogens is 3. The molecule has 0 aliphatic rings. The van der Waals surface area contributed by atoms with Crippen LogP contribution in [0.15, 0.2) is 53.7 Å². The van der Waals surface area contributed by atoms with Crippen molar-refractivity contribution in [3.05, 3.63) is 54.5 Å². The van der Waals surface area contributed by atoms with Crippen molar-refractivity contribution in [1.82, 2.24) is 15.0 Å². The molecule has 0 aliphatic carbocycles. The first-order valence-electron chi connectivity index (χ1n) is 7.52. The van der Waals surface area contributed by atoms with Crippen molar-refractivity contribution in [2.75, 3.05) is 12.0 Å². The van der Waals surface area contributed by atoms with Gasteiger partial charge in [0, 0.05) is 23.6 Å². The summed E-state index contributed by atoms with van der Waals surface area (Å²) in [5, 5.41) is 0. The van der Waals surface area contributed by atoms with E-state index in [0.717, 1.165) is 18.5 Å². The van der Waals surface area contributed by atoms with Crippen molar-refractivity contribution in [2.45, 2.75) is 11.1 Å². The van der Waals surface area contributed by atoms with E-state index in [0.29, 0.717) is 11.3 Å². The lowest BCUT2D eigenvalue weighted by atomic mass is 10.1. The Morgan fingerprint density at radius 1 is 0.926 bits per heavy atom. The number of nitrogens with two attached hydrogens (primary N) is 1. The highest BCUT2D eigenvalue weighted by atomic mass is 32.2. The van der Waals surface area contributed by atoms with Crippen LogP contribution in [0.3, 0.4) is 0 Å². The molecule has 2 aromatic heterocycles. The van der Waals surface area contributed by atoms with Crippen LogP contribution in [-0.2, 0) is 16.0 Å². The number of alkyl halides is 3. The van der Waals surface area contributed by atoms with Crippen molar-refractivity contribution in [3.63, 3.8) is 0 Å². The van der Waals surface area contributed by atoms with Crippen LogP contribution in [0.4, 0.5) is 19.0 Å². The van der Waals surface area contributed by atoms with E-state index in [1.54, 1.807) is 12.1 Å².